The second-order valence-electron chi connectivity index (χ2n) is 7.67. The van der Waals surface area contributed by atoms with E-state index in [4.69, 9.17) is 16.3 Å². The number of nitrogens with one attached hydrogen (secondary N) is 1. The van der Waals surface area contributed by atoms with E-state index in [2.05, 4.69) is 15.5 Å². The zero-order chi connectivity index (χ0) is 18.2. The summed E-state index contributed by atoms with van der Waals surface area (Å²) in [6.45, 7) is 5.63. The molecule has 0 aliphatic carbocycles. The fourth-order valence-electron chi connectivity index (χ4n) is 3.68. The van der Waals surface area contributed by atoms with Crippen LogP contribution in [-0.4, -0.2) is 51.2 Å². The fourth-order valence-corrected chi connectivity index (χ4v) is 3.84. The smallest absolute Gasteiger partial charge is 0.410 e. The second-order valence-corrected chi connectivity index (χ2v) is 8.06. The molecule has 0 saturated carbocycles. The van der Waals surface area contributed by atoms with E-state index in [0.29, 0.717) is 17.7 Å². The van der Waals surface area contributed by atoms with Gasteiger partial charge >= 0.3 is 6.09 Å². The van der Waals surface area contributed by atoms with Gasteiger partial charge in [-0.1, -0.05) is 11.6 Å². The number of ether oxygens (including phenoxy) is 1. The minimum atomic E-state index is -0.497. The molecule has 3 heterocycles. The summed E-state index contributed by atoms with van der Waals surface area (Å²) >= 11 is 5.78. The normalized spacial score (nSPS) is 25.6. The van der Waals surface area contributed by atoms with E-state index in [1.165, 1.54) is 6.07 Å². The number of carbonyl (C=O) groups is 2. The minimum Gasteiger partial charge on any atom is -0.444 e. The van der Waals surface area contributed by atoms with E-state index < -0.39 is 5.60 Å². The van der Waals surface area contributed by atoms with Gasteiger partial charge in [-0.05, 0) is 52.5 Å². The third kappa shape index (κ3) is 4.03. The van der Waals surface area contributed by atoms with E-state index >= 15 is 0 Å². The van der Waals surface area contributed by atoms with Crippen molar-refractivity contribution >= 4 is 29.8 Å². The van der Waals surface area contributed by atoms with Crippen LogP contribution in [0.1, 0.15) is 56.8 Å². The number of fused-ring (bicyclic) bond motifs is 2. The number of amides is 1. The molecule has 0 spiro atoms. The number of rotatable bonds is 3. The SMILES string of the molecule is CC(C)(C)OC(=O)N1[C@@H]2CC[C@H]1CC(Nc1nnc(Cl)cc1C=O)C2. The first-order valence-electron chi connectivity index (χ1n) is 8.53. The predicted octanol–water partition coefficient (Wildman–Crippen LogP) is 3.28. The van der Waals surface area contributed by atoms with Gasteiger partial charge in [-0.25, -0.2) is 4.79 Å². The molecule has 2 fully saturated rings. The third-order valence-electron chi connectivity index (χ3n) is 4.60. The maximum absolute atomic E-state index is 12.5. The molecule has 2 aliphatic heterocycles. The molecule has 1 unspecified atom stereocenters. The highest BCUT2D eigenvalue weighted by Crippen LogP contribution is 2.37. The Morgan fingerprint density at radius 1 is 1.32 bits per heavy atom. The summed E-state index contributed by atoms with van der Waals surface area (Å²) in [4.78, 5) is 25.6. The molecule has 2 saturated heterocycles. The average Bonchev–Trinajstić information content (AvgIpc) is 2.79. The van der Waals surface area contributed by atoms with Crippen molar-refractivity contribution in [1.29, 1.82) is 0 Å². The van der Waals surface area contributed by atoms with Gasteiger partial charge in [-0.2, -0.15) is 0 Å². The largest absolute Gasteiger partial charge is 0.444 e. The van der Waals surface area contributed by atoms with Crippen molar-refractivity contribution in [2.45, 2.75) is 70.2 Å². The maximum atomic E-state index is 12.5. The fraction of sp³-hybridized carbons (Fsp3) is 0.647. The number of nitrogens with zero attached hydrogens (tertiary/aromatic N) is 3. The van der Waals surface area contributed by atoms with Crippen LogP contribution >= 0.6 is 11.6 Å². The van der Waals surface area contributed by atoms with E-state index in [9.17, 15) is 9.59 Å². The summed E-state index contributed by atoms with van der Waals surface area (Å²) in [6, 6.07) is 1.91. The van der Waals surface area contributed by atoms with Crippen LogP contribution in [-0.2, 0) is 4.74 Å². The van der Waals surface area contributed by atoms with E-state index in [1.807, 2.05) is 25.7 Å². The van der Waals surface area contributed by atoms with Gasteiger partial charge in [0, 0.05) is 18.1 Å². The van der Waals surface area contributed by atoms with Crippen LogP contribution in [0.3, 0.4) is 0 Å². The van der Waals surface area contributed by atoms with Gasteiger partial charge in [0.05, 0.1) is 5.56 Å². The Balaban J connectivity index is 1.68. The zero-order valence-electron chi connectivity index (χ0n) is 14.7. The number of carbonyl (C=O) groups excluding carboxylic acids is 2. The van der Waals surface area contributed by atoms with Crippen molar-refractivity contribution in [3.63, 3.8) is 0 Å². The number of anilines is 1. The molecule has 7 nitrogen and oxygen atoms in total. The zero-order valence-corrected chi connectivity index (χ0v) is 15.4. The molecular weight excluding hydrogens is 344 g/mol. The number of aromatic nitrogens is 2. The number of hydrogen-bond donors (Lipinski definition) is 1. The van der Waals surface area contributed by atoms with Crippen molar-refractivity contribution in [3.05, 3.63) is 16.8 Å². The van der Waals surface area contributed by atoms with Crippen molar-refractivity contribution < 1.29 is 14.3 Å². The Hall–Kier alpha value is -1.89. The van der Waals surface area contributed by atoms with Crippen molar-refractivity contribution in [1.82, 2.24) is 15.1 Å². The summed E-state index contributed by atoms with van der Waals surface area (Å²) in [7, 11) is 0. The lowest BCUT2D eigenvalue weighted by molar-refractivity contribution is 0.00682. The van der Waals surface area contributed by atoms with Crippen molar-refractivity contribution in [3.8, 4) is 0 Å². The minimum absolute atomic E-state index is 0.130. The van der Waals surface area contributed by atoms with E-state index in [1.54, 1.807) is 0 Å². The molecule has 3 atom stereocenters. The first-order chi connectivity index (χ1) is 11.8. The van der Waals surface area contributed by atoms with Crippen LogP contribution in [0.25, 0.3) is 0 Å². The van der Waals surface area contributed by atoms with Crippen molar-refractivity contribution in [2.24, 2.45) is 0 Å². The topological polar surface area (TPSA) is 84.4 Å². The van der Waals surface area contributed by atoms with Gasteiger partial charge in [0.1, 0.15) is 5.60 Å². The maximum Gasteiger partial charge on any atom is 0.410 e. The average molecular weight is 367 g/mol. The Morgan fingerprint density at radius 3 is 2.52 bits per heavy atom. The first-order valence-corrected chi connectivity index (χ1v) is 8.91. The predicted molar refractivity (Wildman–Crippen MR) is 94.0 cm³/mol. The summed E-state index contributed by atoms with van der Waals surface area (Å²) in [5.74, 6) is 0.439. The Kier molecular flexibility index (Phi) is 4.86. The van der Waals surface area contributed by atoms with E-state index in [0.717, 1.165) is 25.7 Å². The Morgan fingerprint density at radius 2 is 1.96 bits per heavy atom. The Labute approximate surface area is 152 Å². The molecule has 1 aromatic rings. The Bertz CT molecular complexity index is 662. The van der Waals surface area contributed by atoms with Crippen LogP contribution in [0, 0.1) is 0 Å². The lowest BCUT2D eigenvalue weighted by Gasteiger charge is -2.39. The van der Waals surface area contributed by atoms with Gasteiger partial charge in [0.2, 0.25) is 0 Å². The number of piperidine rings is 1. The molecule has 136 valence electrons. The number of aldehydes is 1. The standard InChI is InChI=1S/C17H23ClN4O3/c1-17(2,3)25-16(24)22-12-4-5-13(22)8-11(7-12)19-15-10(9-23)6-14(18)20-21-15/h6,9,11-13H,4-5,7-8H2,1-3H3,(H,19,21)/t11?,12-,13+. The van der Waals surface area contributed by atoms with Gasteiger partial charge in [-0.3, -0.25) is 4.79 Å². The van der Waals surface area contributed by atoms with Crippen LogP contribution in [0.5, 0.6) is 0 Å². The molecule has 0 aromatic carbocycles. The number of halogens is 1. The van der Waals surface area contributed by atoms with Gasteiger partial charge in [-0.15, -0.1) is 10.2 Å². The lowest BCUT2D eigenvalue weighted by Crippen LogP contribution is -2.51. The molecule has 25 heavy (non-hydrogen) atoms. The monoisotopic (exact) mass is 366 g/mol. The van der Waals surface area contributed by atoms with Gasteiger partial charge in [0.25, 0.3) is 0 Å². The second kappa shape index (κ2) is 6.78. The highest BCUT2D eigenvalue weighted by Gasteiger charge is 2.45. The first kappa shape index (κ1) is 17.9. The highest BCUT2D eigenvalue weighted by molar-refractivity contribution is 6.29. The number of hydrogen-bond acceptors (Lipinski definition) is 6. The molecule has 0 radical (unpaired) electrons. The summed E-state index contributed by atoms with van der Waals surface area (Å²) in [6.07, 6.45) is 3.99. The molecule has 8 heteroatoms. The third-order valence-corrected chi connectivity index (χ3v) is 4.78. The summed E-state index contributed by atoms with van der Waals surface area (Å²) in [5.41, 5.74) is -0.106. The van der Waals surface area contributed by atoms with E-state index in [-0.39, 0.29) is 29.4 Å². The van der Waals surface area contributed by atoms with Crippen LogP contribution < -0.4 is 5.32 Å². The van der Waals surface area contributed by atoms with Crippen molar-refractivity contribution in [2.75, 3.05) is 5.32 Å². The molecule has 1 N–H and O–H groups in total. The quantitative estimate of drug-likeness (QED) is 0.826. The highest BCUT2D eigenvalue weighted by atomic mass is 35.5. The van der Waals surface area contributed by atoms with Gasteiger partial charge < -0.3 is 15.0 Å². The summed E-state index contributed by atoms with van der Waals surface area (Å²) < 4.78 is 5.54. The molecule has 2 bridgehead atoms. The van der Waals surface area contributed by atoms with Crippen LogP contribution in [0.2, 0.25) is 5.15 Å². The van der Waals surface area contributed by atoms with Gasteiger partial charge in [0.15, 0.2) is 17.3 Å². The molecule has 2 aliphatic rings. The molecular formula is C17H23ClN4O3. The van der Waals surface area contributed by atoms with Crippen LogP contribution in [0.4, 0.5) is 10.6 Å². The molecule has 3 rings (SSSR count). The molecule has 1 amide bonds. The molecule has 1 aromatic heterocycles. The lowest BCUT2D eigenvalue weighted by atomic mass is 9.97. The summed E-state index contributed by atoms with van der Waals surface area (Å²) in [5, 5.41) is 11.3. The van der Waals surface area contributed by atoms with Crippen LogP contribution in [0.15, 0.2) is 6.07 Å².